The van der Waals surface area contributed by atoms with E-state index in [-0.39, 0.29) is 0 Å². The summed E-state index contributed by atoms with van der Waals surface area (Å²) in [6, 6.07) is 15.9. The highest BCUT2D eigenvalue weighted by Crippen LogP contribution is 2.30. The van der Waals surface area contributed by atoms with Gasteiger partial charge in [-0.15, -0.1) is 0 Å². The van der Waals surface area contributed by atoms with E-state index in [9.17, 15) is 8.42 Å². The minimum Gasteiger partial charge on any atom is -0.267 e. The van der Waals surface area contributed by atoms with Crippen molar-refractivity contribution in [3.8, 4) is 6.07 Å². The largest absolute Gasteiger partial charge is 0.323 e. The minimum atomic E-state index is -3.68. The summed E-state index contributed by atoms with van der Waals surface area (Å²) in [5, 5.41) is 8.86. The van der Waals surface area contributed by atoms with Gasteiger partial charge in [0.15, 0.2) is 0 Å². The maximum atomic E-state index is 12.5. The number of nitrogens with zero attached hydrogens (tertiary/aromatic N) is 2. The van der Waals surface area contributed by atoms with E-state index in [0.717, 1.165) is 5.56 Å². The highest BCUT2D eigenvalue weighted by atomic mass is 32.2. The third-order valence-corrected chi connectivity index (χ3v) is 4.83. The van der Waals surface area contributed by atoms with Crippen LogP contribution in [-0.4, -0.2) is 15.0 Å². The number of fused-ring (bicyclic) bond motifs is 1. The molecule has 21 heavy (non-hydrogen) atoms. The standard InChI is InChI=1S/C15H13N3O2S/c16-11-12-4-3-6-14(10-12)17-21(19,20)18-9-8-13-5-1-2-7-15(13)18/h1-7,10,17H,8-9H2. The van der Waals surface area contributed by atoms with E-state index in [1.54, 1.807) is 24.3 Å². The van der Waals surface area contributed by atoms with E-state index in [0.29, 0.717) is 29.9 Å². The fraction of sp³-hybridized carbons (Fsp3) is 0.133. The molecule has 0 amide bonds. The van der Waals surface area contributed by atoms with Crippen LogP contribution in [0.5, 0.6) is 0 Å². The minimum absolute atomic E-state index is 0.387. The molecule has 0 saturated carbocycles. The van der Waals surface area contributed by atoms with Crippen LogP contribution in [0.1, 0.15) is 11.1 Å². The number of nitrogens with one attached hydrogen (secondary N) is 1. The second kappa shape index (κ2) is 5.11. The van der Waals surface area contributed by atoms with Crippen LogP contribution in [0.15, 0.2) is 48.5 Å². The lowest BCUT2D eigenvalue weighted by Gasteiger charge is -2.20. The zero-order chi connectivity index (χ0) is 14.9. The fourth-order valence-corrected chi connectivity index (χ4v) is 3.72. The Morgan fingerprint density at radius 1 is 1.14 bits per heavy atom. The predicted octanol–water partition coefficient (Wildman–Crippen LogP) is 2.28. The van der Waals surface area contributed by atoms with Crippen molar-refractivity contribution in [2.24, 2.45) is 0 Å². The van der Waals surface area contributed by atoms with Gasteiger partial charge in [-0.25, -0.2) is 0 Å². The third kappa shape index (κ3) is 2.56. The van der Waals surface area contributed by atoms with Gasteiger partial charge in [0.2, 0.25) is 0 Å². The van der Waals surface area contributed by atoms with Crippen molar-refractivity contribution >= 4 is 21.6 Å². The Labute approximate surface area is 123 Å². The lowest BCUT2D eigenvalue weighted by molar-refractivity contribution is 0.597. The summed E-state index contributed by atoms with van der Waals surface area (Å²) in [6.45, 7) is 0.423. The molecule has 1 aliphatic rings. The predicted molar refractivity (Wildman–Crippen MR) is 81.2 cm³/mol. The fourth-order valence-electron chi connectivity index (χ4n) is 2.41. The van der Waals surface area contributed by atoms with E-state index in [2.05, 4.69) is 4.72 Å². The summed E-state index contributed by atoms with van der Waals surface area (Å²) in [4.78, 5) is 0. The van der Waals surface area contributed by atoms with Gasteiger partial charge in [0, 0.05) is 6.54 Å². The van der Waals surface area contributed by atoms with Crippen molar-refractivity contribution in [2.45, 2.75) is 6.42 Å². The molecular formula is C15H13N3O2S. The van der Waals surface area contributed by atoms with Crippen LogP contribution in [0.25, 0.3) is 0 Å². The summed E-state index contributed by atoms with van der Waals surface area (Å²) in [5.74, 6) is 0. The molecule has 0 unspecified atom stereocenters. The zero-order valence-electron chi connectivity index (χ0n) is 11.2. The first-order valence-corrected chi connectivity index (χ1v) is 7.93. The van der Waals surface area contributed by atoms with Crippen LogP contribution in [0.2, 0.25) is 0 Å². The summed E-state index contributed by atoms with van der Waals surface area (Å²) < 4.78 is 28.9. The second-order valence-corrected chi connectivity index (χ2v) is 6.35. The van der Waals surface area contributed by atoms with Crippen molar-refractivity contribution in [1.29, 1.82) is 5.26 Å². The molecule has 3 rings (SSSR count). The Morgan fingerprint density at radius 3 is 2.76 bits per heavy atom. The molecule has 1 N–H and O–H groups in total. The molecule has 0 bridgehead atoms. The second-order valence-electron chi connectivity index (χ2n) is 4.75. The van der Waals surface area contributed by atoms with Crippen LogP contribution in [0, 0.1) is 11.3 Å². The molecule has 0 saturated heterocycles. The van der Waals surface area contributed by atoms with Gasteiger partial charge in [-0.3, -0.25) is 9.03 Å². The van der Waals surface area contributed by atoms with Crippen molar-refractivity contribution in [3.05, 3.63) is 59.7 Å². The van der Waals surface area contributed by atoms with Crippen molar-refractivity contribution in [1.82, 2.24) is 0 Å². The van der Waals surface area contributed by atoms with Crippen molar-refractivity contribution < 1.29 is 8.42 Å². The smallest absolute Gasteiger partial charge is 0.267 e. The highest BCUT2D eigenvalue weighted by Gasteiger charge is 2.28. The van der Waals surface area contributed by atoms with Crippen molar-refractivity contribution in [2.75, 3.05) is 15.6 Å². The van der Waals surface area contributed by atoms with E-state index in [4.69, 9.17) is 5.26 Å². The Morgan fingerprint density at radius 2 is 1.95 bits per heavy atom. The number of benzene rings is 2. The Balaban J connectivity index is 1.90. The van der Waals surface area contributed by atoms with E-state index in [1.165, 1.54) is 10.4 Å². The van der Waals surface area contributed by atoms with Crippen LogP contribution >= 0.6 is 0 Å². The number of hydrogen-bond donors (Lipinski definition) is 1. The van der Waals surface area contributed by atoms with Crippen LogP contribution < -0.4 is 9.03 Å². The molecule has 0 spiro atoms. The Kier molecular flexibility index (Phi) is 3.28. The SMILES string of the molecule is N#Cc1cccc(NS(=O)(=O)N2CCc3ccccc32)c1. The first-order chi connectivity index (χ1) is 10.1. The molecule has 0 atom stereocenters. The van der Waals surface area contributed by atoms with E-state index >= 15 is 0 Å². The lowest BCUT2D eigenvalue weighted by atomic mass is 10.2. The number of hydrogen-bond acceptors (Lipinski definition) is 3. The van der Waals surface area contributed by atoms with Crippen LogP contribution in [-0.2, 0) is 16.6 Å². The molecule has 2 aromatic rings. The first kappa shape index (κ1) is 13.5. The molecule has 0 aliphatic carbocycles. The number of anilines is 2. The van der Waals surface area contributed by atoms with E-state index < -0.39 is 10.2 Å². The number of rotatable bonds is 3. The van der Waals surface area contributed by atoms with Gasteiger partial charge in [0.1, 0.15) is 0 Å². The highest BCUT2D eigenvalue weighted by molar-refractivity contribution is 7.94. The van der Waals surface area contributed by atoms with Crippen molar-refractivity contribution in [3.63, 3.8) is 0 Å². The molecule has 5 nitrogen and oxygen atoms in total. The summed E-state index contributed by atoms with van der Waals surface area (Å²) in [6.07, 6.45) is 0.704. The molecule has 6 heteroatoms. The first-order valence-electron chi connectivity index (χ1n) is 6.49. The summed E-state index contributed by atoms with van der Waals surface area (Å²) in [7, 11) is -3.68. The van der Waals surface area contributed by atoms with Gasteiger partial charge < -0.3 is 0 Å². The topological polar surface area (TPSA) is 73.2 Å². The Bertz CT molecular complexity index is 825. The average Bonchev–Trinajstić information content (AvgIpc) is 2.92. The maximum Gasteiger partial charge on any atom is 0.323 e. The van der Waals surface area contributed by atoms with Gasteiger partial charge in [0.25, 0.3) is 0 Å². The Hall–Kier alpha value is -2.52. The van der Waals surface area contributed by atoms with Gasteiger partial charge in [-0.05, 0) is 36.2 Å². The quantitative estimate of drug-likeness (QED) is 0.945. The van der Waals surface area contributed by atoms with Crippen LogP contribution in [0.4, 0.5) is 11.4 Å². The van der Waals surface area contributed by atoms with Crippen LogP contribution in [0.3, 0.4) is 0 Å². The zero-order valence-corrected chi connectivity index (χ0v) is 12.0. The molecule has 2 aromatic carbocycles. The van der Waals surface area contributed by atoms with Gasteiger partial charge in [0.05, 0.1) is 23.0 Å². The summed E-state index contributed by atoms with van der Waals surface area (Å²) >= 11 is 0. The molecule has 106 valence electrons. The summed E-state index contributed by atoms with van der Waals surface area (Å²) in [5.41, 5.74) is 2.53. The molecule has 1 aliphatic heterocycles. The van der Waals surface area contributed by atoms with Gasteiger partial charge >= 0.3 is 10.2 Å². The molecule has 0 radical (unpaired) electrons. The number of para-hydroxylation sites is 1. The monoisotopic (exact) mass is 299 g/mol. The molecule has 0 aromatic heterocycles. The molecule has 1 heterocycles. The lowest BCUT2D eigenvalue weighted by Crippen LogP contribution is -2.34. The van der Waals surface area contributed by atoms with Gasteiger partial charge in [-0.2, -0.15) is 13.7 Å². The molecular weight excluding hydrogens is 286 g/mol. The third-order valence-electron chi connectivity index (χ3n) is 3.37. The van der Waals surface area contributed by atoms with E-state index in [1.807, 2.05) is 24.3 Å². The molecule has 0 fully saturated rings. The van der Waals surface area contributed by atoms with Gasteiger partial charge in [-0.1, -0.05) is 24.3 Å². The maximum absolute atomic E-state index is 12.5. The normalized spacial score (nSPS) is 13.6. The average molecular weight is 299 g/mol. The number of nitriles is 1.